The third-order valence-corrected chi connectivity index (χ3v) is 3.72. The molecule has 3 atom stereocenters. The van der Waals surface area contributed by atoms with E-state index >= 15 is 0 Å². The molecule has 0 saturated carbocycles. The molecule has 0 spiro atoms. The quantitative estimate of drug-likeness (QED) is 0.577. The van der Waals surface area contributed by atoms with Crippen LogP contribution in [0, 0.1) is 17.8 Å². The van der Waals surface area contributed by atoms with Gasteiger partial charge in [0.15, 0.2) is 0 Å². The minimum absolute atomic E-state index is 0.146. The van der Waals surface area contributed by atoms with Gasteiger partial charge < -0.3 is 16.6 Å². The SMILES string of the molecule is CC(C)CC(N)C(=O)N(C(=O)C(N)CC(C)C)C(C(=O)O)C(C)C. The molecule has 3 unspecified atom stereocenters. The van der Waals surface area contributed by atoms with Gasteiger partial charge in [0.1, 0.15) is 6.04 Å². The summed E-state index contributed by atoms with van der Waals surface area (Å²) in [7, 11) is 0. The number of carbonyl (C=O) groups is 3. The Kier molecular flexibility index (Phi) is 9.14. The number of carboxylic acids is 1. The van der Waals surface area contributed by atoms with Gasteiger partial charge in [-0.3, -0.25) is 14.5 Å². The minimum Gasteiger partial charge on any atom is -0.480 e. The second-order valence-electron chi connectivity index (χ2n) is 7.55. The first-order valence-corrected chi connectivity index (χ1v) is 8.50. The third-order valence-electron chi connectivity index (χ3n) is 3.72. The summed E-state index contributed by atoms with van der Waals surface area (Å²) >= 11 is 0. The van der Waals surface area contributed by atoms with E-state index in [2.05, 4.69) is 0 Å². The molecule has 24 heavy (non-hydrogen) atoms. The standard InChI is InChI=1S/C17H33N3O4/c1-9(2)7-12(18)15(21)20(14(11(5)6)17(23)24)16(22)13(19)8-10(3)4/h9-14H,7-8,18-19H2,1-6H3,(H,23,24). The maximum atomic E-state index is 12.7. The average molecular weight is 343 g/mol. The zero-order valence-corrected chi connectivity index (χ0v) is 15.7. The first-order valence-electron chi connectivity index (χ1n) is 8.50. The van der Waals surface area contributed by atoms with E-state index in [9.17, 15) is 19.5 Å². The molecule has 7 nitrogen and oxygen atoms in total. The fraction of sp³-hybridized carbons (Fsp3) is 0.824. The van der Waals surface area contributed by atoms with Gasteiger partial charge in [0.05, 0.1) is 12.1 Å². The number of imide groups is 1. The fourth-order valence-corrected chi connectivity index (χ4v) is 2.65. The van der Waals surface area contributed by atoms with E-state index in [1.807, 2.05) is 27.7 Å². The Morgan fingerprint density at radius 3 is 1.38 bits per heavy atom. The molecular weight excluding hydrogens is 310 g/mol. The van der Waals surface area contributed by atoms with Crippen molar-refractivity contribution in [3.05, 3.63) is 0 Å². The molecule has 0 heterocycles. The Morgan fingerprint density at radius 2 is 1.17 bits per heavy atom. The zero-order valence-electron chi connectivity index (χ0n) is 15.7. The Morgan fingerprint density at radius 1 is 0.833 bits per heavy atom. The van der Waals surface area contributed by atoms with Gasteiger partial charge in [0.2, 0.25) is 11.8 Å². The predicted molar refractivity (Wildman–Crippen MR) is 93.0 cm³/mol. The molecule has 0 aliphatic carbocycles. The van der Waals surface area contributed by atoms with Gasteiger partial charge >= 0.3 is 5.97 Å². The van der Waals surface area contributed by atoms with E-state index < -0.39 is 41.8 Å². The molecule has 0 saturated heterocycles. The van der Waals surface area contributed by atoms with E-state index in [0.29, 0.717) is 12.8 Å². The van der Waals surface area contributed by atoms with E-state index in [4.69, 9.17) is 11.5 Å². The Labute approximate surface area is 144 Å². The van der Waals surface area contributed by atoms with Gasteiger partial charge in [-0.2, -0.15) is 0 Å². The average Bonchev–Trinajstić information content (AvgIpc) is 2.40. The van der Waals surface area contributed by atoms with Crippen LogP contribution < -0.4 is 11.5 Å². The van der Waals surface area contributed by atoms with Crippen LogP contribution in [-0.2, 0) is 14.4 Å². The largest absolute Gasteiger partial charge is 0.480 e. The van der Waals surface area contributed by atoms with E-state index in [-0.39, 0.29) is 11.8 Å². The molecule has 140 valence electrons. The van der Waals surface area contributed by atoms with Crippen molar-refractivity contribution in [3.8, 4) is 0 Å². The monoisotopic (exact) mass is 343 g/mol. The molecule has 0 rings (SSSR count). The maximum absolute atomic E-state index is 12.7. The van der Waals surface area contributed by atoms with Crippen molar-refractivity contribution >= 4 is 17.8 Å². The van der Waals surface area contributed by atoms with Gasteiger partial charge in [-0.1, -0.05) is 41.5 Å². The van der Waals surface area contributed by atoms with Crippen molar-refractivity contribution in [2.45, 2.75) is 72.5 Å². The van der Waals surface area contributed by atoms with Crippen molar-refractivity contribution in [2.24, 2.45) is 29.2 Å². The first-order chi connectivity index (χ1) is 10.9. The van der Waals surface area contributed by atoms with Gasteiger partial charge in [-0.25, -0.2) is 4.79 Å². The normalized spacial score (nSPS) is 15.5. The molecule has 2 amide bonds. The molecule has 0 aromatic carbocycles. The van der Waals surface area contributed by atoms with Crippen LogP contribution in [0.25, 0.3) is 0 Å². The molecule has 7 heteroatoms. The van der Waals surface area contributed by atoms with E-state index in [0.717, 1.165) is 4.90 Å². The molecule has 0 aliphatic heterocycles. The van der Waals surface area contributed by atoms with Crippen LogP contribution in [0.15, 0.2) is 0 Å². The number of hydrogen-bond donors (Lipinski definition) is 3. The minimum atomic E-state index is -1.28. The summed E-state index contributed by atoms with van der Waals surface area (Å²) in [5.41, 5.74) is 11.8. The number of nitrogens with two attached hydrogens (primary N) is 2. The summed E-state index contributed by atoms with van der Waals surface area (Å²) in [4.78, 5) is 37.9. The van der Waals surface area contributed by atoms with Crippen LogP contribution in [0.4, 0.5) is 0 Å². The van der Waals surface area contributed by atoms with Crippen LogP contribution in [-0.4, -0.2) is 45.9 Å². The van der Waals surface area contributed by atoms with Crippen molar-refractivity contribution in [2.75, 3.05) is 0 Å². The topological polar surface area (TPSA) is 127 Å². The lowest BCUT2D eigenvalue weighted by molar-refractivity contribution is -0.161. The maximum Gasteiger partial charge on any atom is 0.327 e. The van der Waals surface area contributed by atoms with Crippen LogP contribution in [0.5, 0.6) is 0 Å². The van der Waals surface area contributed by atoms with E-state index in [1.165, 1.54) is 0 Å². The summed E-state index contributed by atoms with van der Waals surface area (Å²) in [6.45, 7) is 10.9. The Balaban J connectivity index is 5.70. The highest BCUT2D eigenvalue weighted by molar-refractivity contribution is 6.03. The molecule has 0 bridgehead atoms. The lowest BCUT2D eigenvalue weighted by atomic mass is 9.96. The summed E-state index contributed by atoms with van der Waals surface area (Å²) < 4.78 is 0. The third kappa shape index (κ3) is 6.57. The zero-order chi connectivity index (χ0) is 19.2. The molecule has 0 fully saturated rings. The van der Waals surface area contributed by atoms with Gasteiger partial charge in [0, 0.05) is 0 Å². The van der Waals surface area contributed by atoms with Gasteiger partial charge in [0.25, 0.3) is 0 Å². The lowest BCUT2D eigenvalue weighted by Gasteiger charge is -2.33. The van der Waals surface area contributed by atoms with Crippen molar-refractivity contribution in [1.29, 1.82) is 0 Å². The van der Waals surface area contributed by atoms with Crippen LogP contribution in [0.2, 0.25) is 0 Å². The number of amides is 2. The second-order valence-corrected chi connectivity index (χ2v) is 7.55. The highest BCUT2D eigenvalue weighted by atomic mass is 16.4. The van der Waals surface area contributed by atoms with Gasteiger partial charge in [-0.05, 0) is 30.6 Å². The Bertz CT molecular complexity index is 421. The molecule has 0 aromatic heterocycles. The van der Waals surface area contributed by atoms with Crippen LogP contribution in [0.1, 0.15) is 54.4 Å². The van der Waals surface area contributed by atoms with Crippen molar-refractivity contribution in [3.63, 3.8) is 0 Å². The number of carbonyl (C=O) groups excluding carboxylic acids is 2. The van der Waals surface area contributed by atoms with Crippen LogP contribution >= 0.6 is 0 Å². The predicted octanol–water partition coefficient (Wildman–Crippen LogP) is 1.20. The number of aliphatic carboxylic acids is 1. The highest BCUT2D eigenvalue weighted by Crippen LogP contribution is 2.18. The smallest absolute Gasteiger partial charge is 0.327 e. The Hall–Kier alpha value is -1.47. The number of rotatable bonds is 9. The molecule has 5 N–H and O–H groups in total. The van der Waals surface area contributed by atoms with Gasteiger partial charge in [-0.15, -0.1) is 0 Å². The molecule has 0 radical (unpaired) electrons. The first kappa shape index (κ1) is 22.5. The lowest BCUT2D eigenvalue weighted by Crippen LogP contribution is -2.60. The molecule has 0 aromatic rings. The fourth-order valence-electron chi connectivity index (χ4n) is 2.65. The number of nitrogens with zero attached hydrogens (tertiary/aromatic N) is 1. The summed E-state index contributed by atoms with van der Waals surface area (Å²) in [5.74, 6) is -2.74. The van der Waals surface area contributed by atoms with E-state index in [1.54, 1.807) is 13.8 Å². The summed E-state index contributed by atoms with van der Waals surface area (Å²) in [6, 6.07) is -3.14. The van der Waals surface area contributed by atoms with Crippen molar-refractivity contribution < 1.29 is 19.5 Å². The van der Waals surface area contributed by atoms with Crippen LogP contribution in [0.3, 0.4) is 0 Å². The molecule has 0 aliphatic rings. The summed E-state index contributed by atoms with van der Waals surface area (Å²) in [6.07, 6.45) is 0.735. The highest BCUT2D eigenvalue weighted by Gasteiger charge is 2.40. The number of carboxylic acid groups (broad SMARTS) is 1. The number of hydrogen-bond acceptors (Lipinski definition) is 5. The second kappa shape index (κ2) is 9.74. The van der Waals surface area contributed by atoms with Crippen molar-refractivity contribution in [1.82, 2.24) is 4.90 Å². The summed E-state index contributed by atoms with van der Waals surface area (Å²) in [5, 5.41) is 9.51. The molecular formula is C17H33N3O4.